The Morgan fingerprint density at radius 1 is 1.37 bits per heavy atom. The van der Waals surface area contributed by atoms with Gasteiger partial charge in [-0.1, -0.05) is 29.7 Å². The first-order valence-electron chi connectivity index (χ1n) is 7.92. The van der Waals surface area contributed by atoms with Crippen molar-refractivity contribution in [3.05, 3.63) is 58.1 Å². The molecule has 0 saturated heterocycles. The van der Waals surface area contributed by atoms with E-state index in [1.54, 1.807) is 18.2 Å². The number of nitriles is 1. The number of hydrogen-bond acceptors (Lipinski definition) is 4. The van der Waals surface area contributed by atoms with E-state index in [0.29, 0.717) is 22.7 Å². The van der Waals surface area contributed by atoms with Crippen LogP contribution in [0.3, 0.4) is 0 Å². The van der Waals surface area contributed by atoms with Crippen LogP contribution in [0.15, 0.2) is 42.0 Å². The van der Waals surface area contributed by atoms with Crippen molar-refractivity contribution in [1.29, 1.82) is 5.26 Å². The van der Waals surface area contributed by atoms with Gasteiger partial charge in [0.1, 0.15) is 18.2 Å². The van der Waals surface area contributed by atoms with Crippen molar-refractivity contribution in [2.24, 2.45) is 0 Å². The van der Waals surface area contributed by atoms with Gasteiger partial charge in [-0.3, -0.25) is 4.79 Å². The van der Waals surface area contributed by atoms with Gasteiger partial charge >= 0.3 is 0 Å². The van der Waals surface area contributed by atoms with Crippen molar-refractivity contribution in [1.82, 2.24) is 0 Å². The number of hydrogen-bond donors (Lipinski definition) is 1. The molecular weight excluding hydrogens is 364 g/mol. The SMILES string of the molecule is C#CCOc1c(Cl)cc(/C=C(\C#N)C(=O)Nc2cccc(C)c2)cc1OC. The number of methoxy groups -OCH3 is 1. The highest BCUT2D eigenvalue weighted by Crippen LogP contribution is 2.37. The zero-order chi connectivity index (χ0) is 19.8. The smallest absolute Gasteiger partial charge is 0.266 e. The van der Waals surface area contributed by atoms with Crippen molar-refractivity contribution >= 4 is 29.3 Å². The largest absolute Gasteiger partial charge is 0.493 e. The minimum atomic E-state index is -0.522. The molecule has 6 heteroatoms. The number of terminal acetylenes is 1. The maximum atomic E-state index is 12.4. The van der Waals surface area contributed by atoms with Gasteiger partial charge in [0.2, 0.25) is 0 Å². The second-order valence-electron chi connectivity index (χ2n) is 5.52. The fraction of sp³-hybridized carbons (Fsp3) is 0.143. The third-order valence-corrected chi connectivity index (χ3v) is 3.78. The van der Waals surface area contributed by atoms with Gasteiger partial charge in [0.05, 0.1) is 12.1 Å². The van der Waals surface area contributed by atoms with E-state index in [4.69, 9.17) is 27.5 Å². The van der Waals surface area contributed by atoms with E-state index in [1.807, 2.05) is 31.2 Å². The first-order valence-corrected chi connectivity index (χ1v) is 8.30. The van der Waals surface area contributed by atoms with Crippen molar-refractivity contribution in [2.75, 3.05) is 19.0 Å². The van der Waals surface area contributed by atoms with Gasteiger partial charge in [0.25, 0.3) is 5.91 Å². The molecule has 2 rings (SSSR count). The van der Waals surface area contributed by atoms with E-state index in [-0.39, 0.29) is 17.2 Å². The van der Waals surface area contributed by atoms with E-state index in [1.165, 1.54) is 13.2 Å². The summed E-state index contributed by atoms with van der Waals surface area (Å²) in [5.41, 5.74) is 2.04. The van der Waals surface area contributed by atoms with E-state index < -0.39 is 5.91 Å². The first-order chi connectivity index (χ1) is 13.0. The summed E-state index contributed by atoms with van der Waals surface area (Å²) < 4.78 is 10.6. The molecular formula is C21H17ClN2O3. The average Bonchev–Trinajstić information content (AvgIpc) is 2.64. The fourth-order valence-corrected chi connectivity index (χ4v) is 2.59. The molecule has 1 amide bonds. The molecule has 0 aliphatic carbocycles. The lowest BCUT2D eigenvalue weighted by molar-refractivity contribution is -0.112. The summed E-state index contributed by atoms with van der Waals surface area (Å²) in [4.78, 5) is 12.4. The van der Waals surface area contributed by atoms with Gasteiger partial charge in [-0.05, 0) is 48.4 Å². The van der Waals surface area contributed by atoms with Gasteiger partial charge in [0.15, 0.2) is 11.5 Å². The van der Waals surface area contributed by atoms with Gasteiger partial charge in [-0.2, -0.15) is 5.26 Å². The number of nitrogens with zero attached hydrogens (tertiary/aromatic N) is 1. The first kappa shape index (κ1) is 19.9. The second-order valence-corrected chi connectivity index (χ2v) is 5.93. The molecule has 0 aliphatic heterocycles. The molecule has 5 nitrogen and oxygen atoms in total. The molecule has 2 aromatic carbocycles. The standard InChI is InChI=1S/C21H17ClN2O3/c1-4-8-27-20-18(22)11-15(12-19(20)26-3)10-16(13-23)21(25)24-17-7-5-6-14(2)9-17/h1,5-7,9-12H,8H2,2-3H3,(H,24,25)/b16-10+. The molecule has 27 heavy (non-hydrogen) atoms. The molecule has 0 fully saturated rings. The molecule has 2 aromatic rings. The Kier molecular flexibility index (Phi) is 6.88. The Morgan fingerprint density at radius 3 is 2.78 bits per heavy atom. The van der Waals surface area contributed by atoms with Crippen LogP contribution in [-0.4, -0.2) is 19.6 Å². The molecule has 1 N–H and O–H groups in total. The number of rotatable bonds is 6. The molecule has 0 aromatic heterocycles. The third kappa shape index (κ3) is 5.28. The third-order valence-electron chi connectivity index (χ3n) is 3.50. The molecule has 0 heterocycles. The average molecular weight is 381 g/mol. The maximum absolute atomic E-state index is 12.4. The molecule has 0 bridgehead atoms. The maximum Gasteiger partial charge on any atom is 0.266 e. The number of amides is 1. The highest BCUT2D eigenvalue weighted by molar-refractivity contribution is 6.32. The lowest BCUT2D eigenvalue weighted by Gasteiger charge is -2.12. The van der Waals surface area contributed by atoms with Crippen LogP contribution in [0.2, 0.25) is 5.02 Å². The lowest BCUT2D eigenvalue weighted by Crippen LogP contribution is -2.13. The Labute approximate surface area is 163 Å². The molecule has 0 atom stereocenters. The van der Waals surface area contributed by atoms with Crippen molar-refractivity contribution in [2.45, 2.75) is 6.92 Å². The van der Waals surface area contributed by atoms with Crippen LogP contribution in [0.25, 0.3) is 6.08 Å². The van der Waals surface area contributed by atoms with Crippen LogP contribution in [0.1, 0.15) is 11.1 Å². The highest BCUT2D eigenvalue weighted by atomic mass is 35.5. The minimum Gasteiger partial charge on any atom is -0.493 e. The van der Waals surface area contributed by atoms with Gasteiger partial charge in [-0.25, -0.2) is 0 Å². The van der Waals surface area contributed by atoms with E-state index in [2.05, 4.69) is 11.2 Å². The number of aryl methyl sites for hydroxylation is 1. The summed E-state index contributed by atoms with van der Waals surface area (Å²) in [5.74, 6) is 2.48. The van der Waals surface area contributed by atoms with Crippen LogP contribution in [0.5, 0.6) is 11.5 Å². The Balaban J connectivity index is 2.31. The quantitative estimate of drug-likeness (QED) is 0.463. The van der Waals surface area contributed by atoms with E-state index >= 15 is 0 Å². The summed E-state index contributed by atoms with van der Waals surface area (Å²) in [5, 5.41) is 12.3. The number of anilines is 1. The summed E-state index contributed by atoms with van der Waals surface area (Å²) in [7, 11) is 1.46. The summed E-state index contributed by atoms with van der Waals surface area (Å²) >= 11 is 6.22. The van der Waals surface area contributed by atoms with E-state index in [0.717, 1.165) is 5.56 Å². The Hall–Kier alpha value is -3.41. The van der Waals surface area contributed by atoms with Crippen LogP contribution in [0.4, 0.5) is 5.69 Å². The zero-order valence-corrected chi connectivity index (χ0v) is 15.6. The number of ether oxygens (including phenoxy) is 2. The monoisotopic (exact) mass is 380 g/mol. The molecule has 0 spiro atoms. The topological polar surface area (TPSA) is 71.3 Å². The molecule has 0 radical (unpaired) electrons. The molecule has 136 valence electrons. The normalized spacial score (nSPS) is 10.5. The Bertz CT molecular complexity index is 968. The minimum absolute atomic E-state index is 0.0353. The summed E-state index contributed by atoms with van der Waals surface area (Å²) in [6.45, 7) is 1.95. The van der Waals surface area contributed by atoms with Crippen LogP contribution in [0, 0.1) is 30.6 Å². The predicted octanol–water partition coefficient (Wildman–Crippen LogP) is 4.21. The van der Waals surface area contributed by atoms with Crippen molar-refractivity contribution in [3.63, 3.8) is 0 Å². The fourth-order valence-electron chi connectivity index (χ4n) is 2.31. The van der Waals surface area contributed by atoms with Crippen molar-refractivity contribution < 1.29 is 14.3 Å². The summed E-state index contributed by atoms with van der Waals surface area (Å²) in [6, 6.07) is 12.4. The molecule has 0 unspecified atom stereocenters. The van der Waals surface area contributed by atoms with Gasteiger partial charge < -0.3 is 14.8 Å². The number of carbonyl (C=O) groups excluding carboxylic acids is 1. The highest BCUT2D eigenvalue weighted by Gasteiger charge is 2.14. The van der Waals surface area contributed by atoms with Gasteiger partial charge in [-0.15, -0.1) is 6.42 Å². The molecule has 0 aliphatic rings. The van der Waals surface area contributed by atoms with Crippen LogP contribution in [-0.2, 0) is 4.79 Å². The van der Waals surface area contributed by atoms with Crippen molar-refractivity contribution in [3.8, 4) is 29.9 Å². The van der Waals surface area contributed by atoms with Crippen LogP contribution < -0.4 is 14.8 Å². The number of benzene rings is 2. The van der Waals surface area contributed by atoms with Gasteiger partial charge in [0, 0.05) is 5.69 Å². The number of carbonyl (C=O) groups is 1. The second kappa shape index (κ2) is 9.33. The van der Waals surface area contributed by atoms with E-state index in [9.17, 15) is 10.1 Å². The Morgan fingerprint density at radius 2 is 2.15 bits per heavy atom. The van der Waals surface area contributed by atoms with Crippen LogP contribution >= 0.6 is 11.6 Å². The predicted molar refractivity (Wildman–Crippen MR) is 106 cm³/mol. The number of nitrogens with one attached hydrogen (secondary N) is 1. The summed E-state index contributed by atoms with van der Waals surface area (Å²) in [6.07, 6.45) is 6.61. The molecule has 0 saturated carbocycles. The lowest BCUT2D eigenvalue weighted by atomic mass is 10.1. The number of halogens is 1. The zero-order valence-electron chi connectivity index (χ0n) is 14.9.